The summed E-state index contributed by atoms with van der Waals surface area (Å²) in [5.74, 6) is 0.992. The smallest absolute Gasteiger partial charge is 0.225 e. The van der Waals surface area contributed by atoms with Gasteiger partial charge in [-0.1, -0.05) is 38.1 Å². The van der Waals surface area contributed by atoms with Crippen LogP contribution in [0, 0.1) is 11.8 Å². The number of piperidine rings is 1. The molecule has 0 radical (unpaired) electrons. The van der Waals surface area contributed by atoms with Crippen LogP contribution >= 0.6 is 0 Å². The summed E-state index contributed by atoms with van der Waals surface area (Å²) in [5, 5.41) is 0. The number of hydrogen-bond acceptors (Lipinski definition) is 3. The number of rotatable bonds is 6. The molecule has 1 aromatic carbocycles. The summed E-state index contributed by atoms with van der Waals surface area (Å²) in [7, 11) is 0. The van der Waals surface area contributed by atoms with Gasteiger partial charge in [0.2, 0.25) is 5.91 Å². The molecule has 0 N–H and O–H groups in total. The molecule has 28 heavy (non-hydrogen) atoms. The van der Waals surface area contributed by atoms with Crippen molar-refractivity contribution < 1.29 is 9.53 Å². The second kappa shape index (κ2) is 8.96. The van der Waals surface area contributed by atoms with Gasteiger partial charge in [-0.15, -0.1) is 0 Å². The predicted molar refractivity (Wildman–Crippen MR) is 112 cm³/mol. The summed E-state index contributed by atoms with van der Waals surface area (Å²) < 4.78 is 5.82. The molecule has 2 fully saturated rings. The third-order valence-corrected chi connectivity index (χ3v) is 6.93. The quantitative estimate of drug-likeness (QED) is 0.752. The van der Waals surface area contributed by atoms with E-state index < -0.39 is 0 Å². The molecule has 0 aromatic heterocycles. The van der Waals surface area contributed by atoms with Crippen LogP contribution in [0.2, 0.25) is 0 Å². The van der Waals surface area contributed by atoms with E-state index in [9.17, 15) is 4.79 Å². The highest BCUT2D eigenvalue weighted by Crippen LogP contribution is 2.29. The lowest BCUT2D eigenvalue weighted by Gasteiger charge is -2.38. The van der Waals surface area contributed by atoms with E-state index in [-0.39, 0.29) is 12.0 Å². The Morgan fingerprint density at radius 2 is 1.79 bits per heavy atom. The Morgan fingerprint density at radius 3 is 2.36 bits per heavy atom. The van der Waals surface area contributed by atoms with Gasteiger partial charge in [-0.2, -0.15) is 0 Å². The Balaban J connectivity index is 1.29. The average molecular weight is 385 g/mol. The minimum atomic E-state index is 0.0680. The van der Waals surface area contributed by atoms with E-state index in [0.717, 1.165) is 32.5 Å². The molecule has 1 unspecified atom stereocenters. The molecule has 3 aliphatic rings. The van der Waals surface area contributed by atoms with Crippen molar-refractivity contribution in [2.24, 2.45) is 11.8 Å². The van der Waals surface area contributed by atoms with Crippen molar-refractivity contribution in [1.29, 1.82) is 0 Å². The highest BCUT2D eigenvalue weighted by molar-refractivity contribution is 5.78. The summed E-state index contributed by atoms with van der Waals surface area (Å²) in [6, 6.07) is 9.60. The summed E-state index contributed by atoms with van der Waals surface area (Å²) in [5.41, 5.74) is 3.08. The van der Waals surface area contributed by atoms with Gasteiger partial charge in [0.25, 0.3) is 0 Å². The van der Waals surface area contributed by atoms with E-state index in [1.54, 1.807) is 11.1 Å². The number of benzene rings is 1. The van der Waals surface area contributed by atoms with Crippen molar-refractivity contribution in [3.05, 3.63) is 35.4 Å². The Labute approximate surface area is 170 Å². The van der Waals surface area contributed by atoms with Crippen LogP contribution in [-0.4, -0.2) is 60.6 Å². The van der Waals surface area contributed by atoms with Gasteiger partial charge in [0.1, 0.15) is 0 Å². The zero-order chi connectivity index (χ0) is 19.5. The SMILES string of the molecule is CC(C)C(=O)N(CC1CCN(C2Cc3ccccc3C2)CC1)CC1CCCO1. The Morgan fingerprint density at radius 1 is 1.11 bits per heavy atom. The van der Waals surface area contributed by atoms with E-state index in [1.807, 2.05) is 13.8 Å². The van der Waals surface area contributed by atoms with Crippen LogP contribution in [0.25, 0.3) is 0 Å². The van der Waals surface area contributed by atoms with Crippen LogP contribution in [0.3, 0.4) is 0 Å². The number of likely N-dealkylation sites (tertiary alicyclic amines) is 1. The molecular weight excluding hydrogens is 348 g/mol. The summed E-state index contributed by atoms with van der Waals surface area (Å²) in [6.45, 7) is 8.94. The molecule has 1 aliphatic carbocycles. The normalized spacial score (nSPS) is 24.0. The van der Waals surface area contributed by atoms with E-state index in [0.29, 0.717) is 17.9 Å². The van der Waals surface area contributed by atoms with Gasteiger partial charge in [-0.25, -0.2) is 0 Å². The first-order chi connectivity index (χ1) is 13.6. The van der Waals surface area contributed by atoms with Gasteiger partial charge < -0.3 is 9.64 Å². The van der Waals surface area contributed by atoms with Crippen LogP contribution in [-0.2, 0) is 22.4 Å². The lowest BCUT2D eigenvalue weighted by atomic mass is 9.94. The van der Waals surface area contributed by atoms with Crippen molar-refractivity contribution in [2.75, 3.05) is 32.8 Å². The fourth-order valence-electron chi connectivity index (χ4n) is 5.26. The summed E-state index contributed by atoms with van der Waals surface area (Å²) in [4.78, 5) is 17.6. The lowest BCUT2D eigenvalue weighted by Crippen LogP contribution is -2.47. The van der Waals surface area contributed by atoms with Gasteiger partial charge in [-0.05, 0) is 68.7 Å². The number of carbonyl (C=O) groups excluding carboxylic acids is 1. The highest BCUT2D eigenvalue weighted by Gasteiger charge is 2.32. The molecule has 4 rings (SSSR count). The molecule has 0 spiro atoms. The van der Waals surface area contributed by atoms with Crippen molar-refractivity contribution in [3.8, 4) is 0 Å². The number of nitrogens with zero attached hydrogens (tertiary/aromatic N) is 2. The monoisotopic (exact) mass is 384 g/mol. The third kappa shape index (κ3) is 4.60. The van der Waals surface area contributed by atoms with Gasteiger partial charge in [0.05, 0.1) is 6.10 Å². The lowest BCUT2D eigenvalue weighted by molar-refractivity contribution is -0.137. The Kier molecular flexibility index (Phi) is 6.37. The first-order valence-corrected chi connectivity index (χ1v) is 11.3. The van der Waals surface area contributed by atoms with Gasteiger partial charge >= 0.3 is 0 Å². The molecule has 4 heteroatoms. The van der Waals surface area contributed by atoms with Crippen LogP contribution in [0.4, 0.5) is 0 Å². The van der Waals surface area contributed by atoms with Gasteiger partial charge in [0.15, 0.2) is 0 Å². The molecule has 1 amide bonds. The van der Waals surface area contributed by atoms with Gasteiger partial charge in [0, 0.05) is 31.7 Å². The number of ether oxygens (including phenoxy) is 1. The first-order valence-electron chi connectivity index (χ1n) is 11.3. The molecule has 2 saturated heterocycles. The van der Waals surface area contributed by atoms with E-state index in [2.05, 4.69) is 34.1 Å². The maximum Gasteiger partial charge on any atom is 0.225 e. The molecule has 0 saturated carbocycles. The van der Waals surface area contributed by atoms with Crippen molar-refractivity contribution >= 4 is 5.91 Å². The Hall–Kier alpha value is -1.39. The minimum Gasteiger partial charge on any atom is -0.376 e. The topological polar surface area (TPSA) is 32.8 Å². The van der Waals surface area contributed by atoms with Crippen LogP contribution in [0.5, 0.6) is 0 Å². The van der Waals surface area contributed by atoms with Crippen LogP contribution in [0.1, 0.15) is 50.7 Å². The van der Waals surface area contributed by atoms with Crippen molar-refractivity contribution in [3.63, 3.8) is 0 Å². The highest BCUT2D eigenvalue weighted by atomic mass is 16.5. The molecule has 154 valence electrons. The fraction of sp³-hybridized carbons (Fsp3) is 0.708. The number of fused-ring (bicyclic) bond motifs is 1. The molecule has 0 bridgehead atoms. The largest absolute Gasteiger partial charge is 0.376 e. The van der Waals surface area contributed by atoms with Crippen LogP contribution in [0.15, 0.2) is 24.3 Å². The van der Waals surface area contributed by atoms with Gasteiger partial charge in [-0.3, -0.25) is 9.69 Å². The third-order valence-electron chi connectivity index (χ3n) is 6.93. The first kappa shape index (κ1) is 19.9. The maximum absolute atomic E-state index is 12.8. The molecule has 4 nitrogen and oxygen atoms in total. The average Bonchev–Trinajstić information content (AvgIpc) is 3.36. The van der Waals surface area contributed by atoms with Crippen molar-refractivity contribution in [2.45, 2.75) is 64.5 Å². The summed E-state index contributed by atoms with van der Waals surface area (Å²) in [6.07, 6.45) is 7.31. The van der Waals surface area contributed by atoms with Crippen LogP contribution < -0.4 is 0 Å². The van der Waals surface area contributed by atoms with Crippen molar-refractivity contribution in [1.82, 2.24) is 9.80 Å². The van der Waals surface area contributed by atoms with E-state index in [1.165, 1.54) is 38.8 Å². The second-order valence-electron chi connectivity index (χ2n) is 9.34. The Bertz CT molecular complexity index is 635. The van der Waals surface area contributed by atoms with E-state index in [4.69, 9.17) is 4.74 Å². The predicted octanol–water partition coefficient (Wildman–Crippen LogP) is 3.53. The van der Waals surface area contributed by atoms with E-state index >= 15 is 0 Å². The molecule has 2 aliphatic heterocycles. The molecule has 1 aromatic rings. The zero-order valence-corrected chi connectivity index (χ0v) is 17.6. The standard InChI is InChI=1S/C24H36N2O2/c1-18(2)24(27)26(17-23-8-5-13-28-23)16-19-9-11-25(12-10-19)22-14-20-6-3-4-7-21(20)15-22/h3-4,6-7,18-19,22-23H,5,8-17H2,1-2H3. The molecule has 2 heterocycles. The number of amides is 1. The fourth-order valence-corrected chi connectivity index (χ4v) is 5.26. The molecule has 1 atom stereocenters. The molecular formula is C24H36N2O2. The zero-order valence-electron chi connectivity index (χ0n) is 17.6. The second-order valence-corrected chi connectivity index (χ2v) is 9.34. The number of hydrogen-bond donors (Lipinski definition) is 0. The number of carbonyl (C=O) groups is 1. The summed E-state index contributed by atoms with van der Waals surface area (Å²) >= 11 is 0. The minimum absolute atomic E-state index is 0.0680. The maximum atomic E-state index is 12.8.